The van der Waals surface area contributed by atoms with Crippen LogP contribution in [0.1, 0.15) is 25.0 Å². The maximum absolute atomic E-state index is 13.3. The average Bonchev–Trinajstić information content (AvgIpc) is 2.88. The minimum Gasteiger partial charge on any atom is -0.325 e. The van der Waals surface area contributed by atoms with E-state index in [9.17, 15) is 9.18 Å². The van der Waals surface area contributed by atoms with Gasteiger partial charge in [-0.2, -0.15) is 0 Å². The Morgan fingerprint density at radius 3 is 2.73 bits per heavy atom. The number of carbonyl (C=O) groups is 1. The molecule has 1 aromatic heterocycles. The van der Waals surface area contributed by atoms with Gasteiger partial charge in [-0.1, -0.05) is 6.07 Å². The highest BCUT2D eigenvalue weighted by atomic mass is 19.1. The Morgan fingerprint density at radius 1 is 1.23 bits per heavy atom. The lowest BCUT2D eigenvalue weighted by Gasteiger charge is -2.26. The zero-order valence-corrected chi connectivity index (χ0v) is 12.6. The number of nitrogens with zero attached hydrogens (tertiary/aromatic N) is 3. The zero-order chi connectivity index (χ0) is 15.5. The molecule has 0 unspecified atom stereocenters. The van der Waals surface area contributed by atoms with Crippen molar-refractivity contribution in [2.45, 2.75) is 26.2 Å². The first-order chi connectivity index (χ1) is 10.6. The van der Waals surface area contributed by atoms with E-state index >= 15 is 0 Å². The Bertz CT molecular complexity index is 677. The molecule has 5 nitrogen and oxygen atoms in total. The number of piperidine rings is 1. The van der Waals surface area contributed by atoms with Gasteiger partial charge in [0.1, 0.15) is 5.82 Å². The fraction of sp³-hybridized carbons (Fsp3) is 0.375. The number of aryl methyl sites for hydroxylation is 1. The maximum Gasteiger partial charge on any atom is 0.323 e. The molecule has 1 aliphatic heterocycles. The van der Waals surface area contributed by atoms with Crippen LogP contribution in [0.2, 0.25) is 0 Å². The molecule has 22 heavy (non-hydrogen) atoms. The first-order valence-electron chi connectivity index (χ1n) is 7.52. The molecule has 0 atom stereocenters. The van der Waals surface area contributed by atoms with Crippen LogP contribution in [0.4, 0.5) is 15.0 Å². The van der Waals surface area contributed by atoms with Crippen LogP contribution in [-0.4, -0.2) is 33.8 Å². The predicted octanol–water partition coefficient (Wildman–Crippen LogP) is 3.34. The molecule has 116 valence electrons. The third-order valence-electron chi connectivity index (χ3n) is 3.82. The molecule has 0 saturated carbocycles. The maximum atomic E-state index is 13.3. The van der Waals surface area contributed by atoms with Crippen molar-refractivity contribution >= 4 is 11.8 Å². The van der Waals surface area contributed by atoms with Gasteiger partial charge in [0.05, 0.1) is 5.69 Å². The van der Waals surface area contributed by atoms with Crippen LogP contribution in [0.25, 0.3) is 5.69 Å². The molecule has 2 amide bonds. The summed E-state index contributed by atoms with van der Waals surface area (Å²) in [6, 6.07) is 7.88. The summed E-state index contributed by atoms with van der Waals surface area (Å²) >= 11 is 0. The van der Waals surface area contributed by atoms with Crippen molar-refractivity contribution < 1.29 is 9.18 Å². The minimum atomic E-state index is -0.314. The summed E-state index contributed by atoms with van der Waals surface area (Å²) in [6.45, 7) is 3.44. The van der Waals surface area contributed by atoms with Gasteiger partial charge in [0.15, 0.2) is 5.82 Å². The van der Waals surface area contributed by atoms with Gasteiger partial charge in [-0.15, -0.1) is 5.10 Å². The SMILES string of the molecule is Cc1cc(NC(=O)N2CCCCC2)nn1-c1cccc(F)c1. The summed E-state index contributed by atoms with van der Waals surface area (Å²) in [4.78, 5) is 14.0. The number of urea groups is 1. The van der Waals surface area contributed by atoms with Crippen molar-refractivity contribution in [2.24, 2.45) is 0 Å². The van der Waals surface area contributed by atoms with Crippen LogP contribution in [0.3, 0.4) is 0 Å². The lowest BCUT2D eigenvalue weighted by atomic mass is 10.1. The standard InChI is InChI=1S/C16H19FN4O/c1-12-10-15(18-16(22)20-8-3-2-4-9-20)19-21(12)14-7-5-6-13(17)11-14/h5-7,10-11H,2-4,8-9H2,1H3,(H,18,19,22). The lowest BCUT2D eigenvalue weighted by molar-refractivity contribution is 0.200. The van der Waals surface area contributed by atoms with Gasteiger partial charge in [-0.05, 0) is 44.4 Å². The molecular formula is C16H19FN4O. The topological polar surface area (TPSA) is 50.2 Å². The number of halogens is 1. The molecule has 1 aromatic carbocycles. The normalized spacial score (nSPS) is 14.9. The smallest absolute Gasteiger partial charge is 0.323 e. The van der Waals surface area contributed by atoms with Crippen molar-refractivity contribution in [1.82, 2.24) is 14.7 Å². The third-order valence-corrected chi connectivity index (χ3v) is 3.82. The van der Waals surface area contributed by atoms with E-state index in [1.807, 2.05) is 6.92 Å². The molecule has 2 aromatic rings. The van der Waals surface area contributed by atoms with Crippen molar-refractivity contribution in [3.63, 3.8) is 0 Å². The second-order valence-electron chi connectivity index (χ2n) is 5.54. The quantitative estimate of drug-likeness (QED) is 0.925. The summed E-state index contributed by atoms with van der Waals surface area (Å²) < 4.78 is 14.9. The zero-order valence-electron chi connectivity index (χ0n) is 12.6. The summed E-state index contributed by atoms with van der Waals surface area (Å²) in [6.07, 6.45) is 3.27. The first kappa shape index (κ1) is 14.6. The van der Waals surface area contributed by atoms with Crippen LogP contribution < -0.4 is 5.32 Å². The van der Waals surface area contributed by atoms with Gasteiger partial charge in [0, 0.05) is 24.8 Å². The number of aromatic nitrogens is 2. The van der Waals surface area contributed by atoms with E-state index in [1.165, 1.54) is 18.6 Å². The van der Waals surface area contributed by atoms with Crippen molar-refractivity contribution in [3.05, 3.63) is 41.8 Å². The molecule has 0 spiro atoms. The molecule has 1 saturated heterocycles. The molecule has 1 N–H and O–H groups in total. The van der Waals surface area contributed by atoms with Gasteiger partial charge in [-0.3, -0.25) is 5.32 Å². The number of rotatable bonds is 2. The lowest BCUT2D eigenvalue weighted by Crippen LogP contribution is -2.38. The molecular weight excluding hydrogens is 283 g/mol. The van der Waals surface area contributed by atoms with Gasteiger partial charge in [0.2, 0.25) is 0 Å². The van der Waals surface area contributed by atoms with E-state index in [0.717, 1.165) is 31.6 Å². The van der Waals surface area contributed by atoms with E-state index in [-0.39, 0.29) is 11.8 Å². The number of hydrogen-bond acceptors (Lipinski definition) is 2. The highest BCUT2D eigenvalue weighted by molar-refractivity contribution is 5.88. The molecule has 1 fully saturated rings. The minimum absolute atomic E-state index is 0.122. The van der Waals surface area contributed by atoms with E-state index in [2.05, 4.69) is 10.4 Å². The second-order valence-corrected chi connectivity index (χ2v) is 5.54. The number of nitrogens with one attached hydrogen (secondary N) is 1. The van der Waals surface area contributed by atoms with Crippen LogP contribution in [0.15, 0.2) is 30.3 Å². The van der Waals surface area contributed by atoms with E-state index in [1.54, 1.807) is 27.8 Å². The average molecular weight is 302 g/mol. The highest BCUT2D eigenvalue weighted by Gasteiger charge is 2.17. The van der Waals surface area contributed by atoms with Crippen LogP contribution in [0, 0.1) is 12.7 Å². The molecule has 0 bridgehead atoms. The first-order valence-corrected chi connectivity index (χ1v) is 7.52. The number of hydrogen-bond donors (Lipinski definition) is 1. The van der Waals surface area contributed by atoms with Crippen LogP contribution in [-0.2, 0) is 0 Å². The fourth-order valence-corrected chi connectivity index (χ4v) is 2.69. The highest BCUT2D eigenvalue weighted by Crippen LogP contribution is 2.17. The monoisotopic (exact) mass is 302 g/mol. The molecule has 3 rings (SSSR count). The molecule has 6 heteroatoms. The van der Waals surface area contributed by atoms with Gasteiger partial charge >= 0.3 is 6.03 Å². The third kappa shape index (κ3) is 3.10. The van der Waals surface area contributed by atoms with Crippen LogP contribution in [0.5, 0.6) is 0 Å². The molecule has 2 heterocycles. The van der Waals surface area contributed by atoms with Gasteiger partial charge < -0.3 is 4.90 Å². The largest absolute Gasteiger partial charge is 0.325 e. The number of carbonyl (C=O) groups excluding carboxylic acids is 1. The molecule has 0 aliphatic carbocycles. The summed E-state index contributed by atoms with van der Waals surface area (Å²) in [5, 5.41) is 7.17. The Balaban J connectivity index is 1.76. The Hall–Kier alpha value is -2.37. The Labute approximate surface area is 128 Å². The Morgan fingerprint density at radius 2 is 2.00 bits per heavy atom. The molecule has 1 aliphatic rings. The summed E-state index contributed by atoms with van der Waals surface area (Å²) in [7, 11) is 0. The van der Waals surface area contributed by atoms with Crippen molar-refractivity contribution in [2.75, 3.05) is 18.4 Å². The fourth-order valence-electron chi connectivity index (χ4n) is 2.69. The van der Waals surface area contributed by atoms with E-state index in [0.29, 0.717) is 11.5 Å². The number of likely N-dealkylation sites (tertiary alicyclic amines) is 1. The van der Waals surface area contributed by atoms with E-state index in [4.69, 9.17) is 0 Å². The second kappa shape index (κ2) is 6.17. The van der Waals surface area contributed by atoms with E-state index < -0.39 is 0 Å². The molecule has 0 radical (unpaired) electrons. The number of amides is 2. The van der Waals surface area contributed by atoms with Crippen molar-refractivity contribution in [1.29, 1.82) is 0 Å². The predicted molar refractivity (Wildman–Crippen MR) is 82.7 cm³/mol. The van der Waals surface area contributed by atoms with Crippen molar-refractivity contribution in [3.8, 4) is 5.69 Å². The number of benzene rings is 1. The van der Waals surface area contributed by atoms with Gasteiger partial charge in [0.25, 0.3) is 0 Å². The number of anilines is 1. The van der Waals surface area contributed by atoms with Gasteiger partial charge in [-0.25, -0.2) is 13.9 Å². The Kier molecular flexibility index (Phi) is 4.09. The summed E-state index contributed by atoms with van der Waals surface area (Å²) in [5.74, 6) is 0.170. The van der Waals surface area contributed by atoms with Crippen LogP contribution >= 0.6 is 0 Å². The summed E-state index contributed by atoms with van der Waals surface area (Å²) in [5.41, 5.74) is 1.47.